The number of benzene rings is 2. The Morgan fingerprint density at radius 1 is 1.10 bits per heavy atom. The molecule has 0 radical (unpaired) electrons. The summed E-state index contributed by atoms with van der Waals surface area (Å²) in [4.78, 5) is 8.90. The first-order valence-corrected chi connectivity index (χ1v) is 9.80. The Labute approximate surface area is 170 Å². The monoisotopic (exact) mass is 390 g/mol. The molecule has 0 unspecified atom stereocenters. The van der Waals surface area contributed by atoms with Crippen LogP contribution in [-0.4, -0.2) is 38.9 Å². The molecule has 0 aliphatic carbocycles. The molecule has 0 spiro atoms. The van der Waals surface area contributed by atoms with Gasteiger partial charge in [0.15, 0.2) is 0 Å². The highest BCUT2D eigenvalue weighted by Gasteiger charge is 2.20. The summed E-state index contributed by atoms with van der Waals surface area (Å²) in [5, 5.41) is 16.7. The highest BCUT2D eigenvalue weighted by atomic mass is 16.5. The lowest BCUT2D eigenvalue weighted by Crippen LogP contribution is -2.25. The van der Waals surface area contributed by atoms with Gasteiger partial charge in [-0.3, -0.25) is 0 Å². The van der Waals surface area contributed by atoms with Crippen molar-refractivity contribution < 1.29 is 9.84 Å². The van der Waals surface area contributed by atoms with Crippen LogP contribution in [0.1, 0.15) is 20.8 Å². The largest absolute Gasteiger partial charge is 0.494 e. The third kappa shape index (κ3) is 3.76. The van der Waals surface area contributed by atoms with Gasteiger partial charge in [0.1, 0.15) is 23.5 Å². The number of aliphatic hydroxyl groups is 1. The van der Waals surface area contributed by atoms with E-state index in [2.05, 4.69) is 45.6 Å². The lowest BCUT2D eigenvalue weighted by atomic mass is 10.0. The quantitative estimate of drug-likeness (QED) is 0.508. The number of rotatable bonds is 6. The fourth-order valence-electron chi connectivity index (χ4n) is 3.72. The van der Waals surface area contributed by atoms with E-state index in [1.54, 1.807) is 20.2 Å². The van der Waals surface area contributed by atoms with Crippen LogP contribution in [0.4, 0.5) is 5.82 Å². The van der Waals surface area contributed by atoms with Crippen molar-refractivity contribution in [2.24, 2.45) is 0 Å². The molecular formula is C23H26N4O2. The minimum absolute atomic E-state index is 0.439. The number of ether oxygens (including phenoxy) is 1. The van der Waals surface area contributed by atoms with E-state index in [1.807, 2.05) is 30.8 Å². The Morgan fingerprint density at radius 2 is 1.86 bits per heavy atom. The first-order chi connectivity index (χ1) is 13.9. The molecule has 0 atom stereocenters. The van der Waals surface area contributed by atoms with Gasteiger partial charge < -0.3 is 19.7 Å². The van der Waals surface area contributed by atoms with E-state index in [1.165, 1.54) is 0 Å². The van der Waals surface area contributed by atoms with Gasteiger partial charge in [-0.25, -0.2) is 9.97 Å². The molecule has 150 valence electrons. The standard InChI is InChI=1S/C23H26N4O2/c1-5-29-18-9-8-15-10-17(7-6-16(15)11-18)19-12-27(13-23(2,3)28)22-20(19)21(24-4)25-14-26-22/h6-12,14,28H,5,13H2,1-4H3,(H,24,25,26). The molecule has 0 aliphatic heterocycles. The van der Waals surface area contributed by atoms with E-state index in [0.717, 1.165) is 44.5 Å². The number of anilines is 1. The zero-order valence-electron chi connectivity index (χ0n) is 17.2. The van der Waals surface area contributed by atoms with E-state index < -0.39 is 5.60 Å². The molecular weight excluding hydrogens is 364 g/mol. The molecule has 29 heavy (non-hydrogen) atoms. The van der Waals surface area contributed by atoms with Gasteiger partial charge in [-0.05, 0) is 55.3 Å². The summed E-state index contributed by atoms with van der Waals surface area (Å²) < 4.78 is 7.61. The minimum Gasteiger partial charge on any atom is -0.494 e. The summed E-state index contributed by atoms with van der Waals surface area (Å²) in [5.74, 6) is 1.65. The van der Waals surface area contributed by atoms with E-state index >= 15 is 0 Å². The fourth-order valence-corrected chi connectivity index (χ4v) is 3.72. The summed E-state index contributed by atoms with van der Waals surface area (Å²) >= 11 is 0. The topological polar surface area (TPSA) is 72.2 Å². The Morgan fingerprint density at radius 3 is 2.59 bits per heavy atom. The zero-order chi connectivity index (χ0) is 20.6. The van der Waals surface area contributed by atoms with Gasteiger partial charge in [0, 0.05) is 18.8 Å². The third-order valence-corrected chi connectivity index (χ3v) is 4.88. The highest BCUT2D eigenvalue weighted by Crippen LogP contribution is 2.36. The number of nitrogens with zero attached hydrogens (tertiary/aromatic N) is 3. The van der Waals surface area contributed by atoms with Crippen LogP contribution in [0.15, 0.2) is 48.9 Å². The van der Waals surface area contributed by atoms with E-state index in [-0.39, 0.29) is 0 Å². The molecule has 0 aliphatic rings. The molecule has 0 saturated carbocycles. The Bertz CT molecular complexity index is 1170. The first kappa shape index (κ1) is 19.2. The molecule has 2 aromatic carbocycles. The van der Waals surface area contributed by atoms with Crippen LogP contribution in [0.3, 0.4) is 0 Å². The van der Waals surface area contributed by atoms with Crippen molar-refractivity contribution in [2.75, 3.05) is 19.0 Å². The normalized spacial score (nSPS) is 11.9. The first-order valence-electron chi connectivity index (χ1n) is 9.80. The predicted molar refractivity (Wildman–Crippen MR) is 117 cm³/mol. The molecule has 4 rings (SSSR count). The molecule has 0 saturated heterocycles. The second kappa shape index (κ2) is 7.37. The number of nitrogens with one attached hydrogen (secondary N) is 1. The summed E-state index contributed by atoms with van der Waals surface area (Å²) in [6.07, 6.45) is 3.60. The van der Waals surface area contributed by atoms with Crippen molar-refractivity contribution in [3.8, 4) is 16.9 Å². The SMILES string of the molecule is CCOc1ccc2cc(-c3cn(CC(C)(C)O)c4ncnc(NC)c34)ccc2c1. The Balaban J connectivity index is 1.89. The predicted octanol–water partition coefficient (Wildman–Crippen LogP) is 4.46. The molecule has 6 nitrogen and oxygen atoms in total. The maximum atomic E-state index is 10.4. The van der Waals surface area contributed by atoms with Crippen LogP contribution in [0, 0.1) is 0 Å². The van der Waals surface area contributed by atoms with Crippen molar-refractivity contribution in [1.29, 1.82) is 0 Å². The van der Waals surface area contributed by atoms with Gasteiger partial charge in [0.2, 0.25) is 0 Å². The van der Waals surface area contributed by atoms with Crippen molar-refractivity contribution in [3.63, 3.8) is 0 Å². The van der Waals surface area contributed by atoms with Gasteiger partial charge in [-0.1, -0.05) is 18.2 Å². The highest BCUT2D eigenvalue weighted by molar-refractivity contribution is 6.03. The number of hydrogen-bond donors (Lipinski definition) is 2. The average molecular weight is 390 g/mol. The number of aromatic nitrogens is 3. The lowest BCUT2D eigenvalue weighted by Gasteiger charge is -2.18. The van der Waals surface area contributed by atoms with Gasteiger partial charge in [0.25, 0.3) is 0 Å². The average Bonchev–Trinajstić information content (AvgIpc) is 3.05. The van der Waals surface area contributed by atoms with Crippen molar-refractivity contribution >= 4 is 27.6 Å². The second-order valence-corrected chi connectivity index (χ2v) is 7.81. The maximum absolute atomic E-state index is 10.4. The van der Waals surface area contributed by atoms with Gasteiger partial charge in [-0.2, -0.15) is 0 Å². The van der Waals surface area contributed by atoms with Crippen molar-refractivity contribution in [1.82, 2.24) is 14.5 Å². The van der Waals surface area contributed by atoms with Crippen molar-refractivity contribution in [3.05, 3.63) is 48.9 Å². The summed E-state index contributed by atoms with van der Waals surface area (Å²) in [6.45, 7) is 6.67. The van der Waals surface area contributed by atoms with Gasteiger partial charge in [-0.15, -0.1) is 0 Å². The van der Waals surface area contributed by atoms with Gasteiger partial charge in [0.05, 0.1) is 24.1 Å². The van der Waals surface area contributed by atoms with E-state index in [0.29, 0.717) is 13.2 Å². The smallest absolute Gasteiger partial charge is 0.146 e. The van der Waals surface area contributed by atoms with E-state index in [4.69, 9.17) is 4.74 Å². The molecule has 4 aromatic rings. The zero-order valence-corrected chi connectivity index (χ0v) is 17.2. The molecule has 2 heterocycles. The minimum atomic E-state index is -0.854. The van der Waals surface area contributed by atoms with Crippen LogP contribution in [0.25, 0.3) is 32.9 Å². The van der Waals surface area contributed by atoms with Crippen LogP contribution < -0.4 is 10.1 Å². The molecule has 2 aromatic heterocycles. The Hall–Kier alpha value is -3.12. The van der Waals surface area contributed by atoms with Crippen LogP contribution in [-0.2, 0) is 6.54 Å². The molecule has 6 heteroatoms. The fraction of sp³-hybridized carbons (Fsp3) is 0.304. The maximum Gasteiger partial charge on any atom is 0.146 e. The van der Waals surface area contributed by atoms with Crippen LogP contribution >= 0.6 is 0 Å². The molecule has 0 bridgehead atoms. The molecule has 0 amide bonds. The lowest BCUT2D eigenvalue weighted by molar-refractivity contribution is 0.0627. The van der Waals surface area contributed by atoms with Gasteiger partial charge >= 0.3 is 0 Å². The second-order valence-electron chi connectivity index (χ2n) is 7.81. The van der Waals surface area contributed by atoms with Crippen LogP contribution in [0.2, 0.25) is 0 Å². The molecule has 0 fully saturated rings. The molecule has 2 N–H and O–H groups in total. The Kier molecular flexibility index (Phi) is 4.88. The van der Waals surface area contributed by atoms with Crippen LogP contribution in [0.5, 0.6) is 5.75 Å². The summed E-state index contributed by atoms with van der Waals surface area (Å²) in [5.41, 5.74) is 2.05. The van der Waals surface area contributed by atoms with Crippen molar-refractivity contribution in [2.45, 2.75) is 32.9 Å². The number of fused-ring (bicyclic) bond motifs is 2. The van der Waals surface area contributed by atoms with E-state index in [9.17, 15) is 5.11 Å². The summed E-state index contributed by atoms with van der Waals surface area (Å²) in [6, 6.07) is 12.5. The summed E-state index contributed by atoms with van der Waals surface area (Å²) in [7, 11) is 1.86. The third-order valence-electron chi connectivity index (χ3n) is 4.88. The number of hydrogen-bond acceptors (Lipinski definition) is 5.